The molecule has 3 rings (SSSR count). The summed E-state index contributed by atoms with van der Waals surface area (Å²) in [6.45, 7) is 8.32. The Morgan fingerprint density at radius 2 is 1.81 bits per heavy atom. The van der Waals surface area contributed by atoms with Gasteiger partial charge in [-0.3, -0.25) is 4.79 Å². The first kappa shape index (κ1) is 18.7. The fourth-order valence-corrected chi connectivity index (χ4v) is 3.95. The predicted molar refractivity (Wildman–Crippen MR) is 92.0 cm³/mol. The van der Waals surface area contributed by atoms with Crippen LogP contribution in [-0.4, -0.2) is 32.4 Å². The normalized spacial score (nSPS) is 20.3. The summed E-state index contributed by atoms with van der Waals surface area (Å²) in [5.74, 6) is -0.374. The maximum absolute atomic E-state index is 12.8. The van der Waals surface area contributed by atoms with E-state index in [0.717, 1.165) is 25.1 Å². The van der Waals surface area contributed by atoms with E-state index in [1.807, 2.05) is 0 Å². The van der Waals surface area contributed by atoms with Crippen LogP contribution in [0, 0.1) is 0 Å². The van der Waals surface area contributed by atoms with E-state index in [4.69, 9.17) is 0 Å². The highest BCUT2D eigenvalue weighted by Crippen LogP contribution is 2.30. The Hall–Kier alpha value is -2.09. The highest BCUT2D eigenvalue weighted by Gasteiger charge is 2.38. The van der Waals surface area contributed by atoms with Gasteiger partial charge in [0.25, 0.3) is 5.91 Å². The van der Waals surface area contributed by atoms with Gasteiger partial charge in [-0.2, -0.15) is 13.2 Å². The molecule has 2 aromatic rings. The minimum Gasteiger partial charge on any atom is -0.348 e. The molecule has 0 atom stereocenters. The Balaban J connectivity index is 1.80. The van der Waals surface area contributed by atoms with Crippen LogP contribution < -0.4 is 10.6 Å². The lowest BCUT2D eigenvalue weighted by molar-refractivity contribution is -0.137. The van der Waals surface area contributed by atoms with Gasteiger partial charge in [-0.25, -0.2) is 4.98 Å². The number of fused-ring (bicyclic) bond motifs is 1. The van der Waals surface area contributed by atoms with Crippen LogP contribution in [-0.2, 0) is 6.18 Å². The van der Waals surface area contributed by atoms with Gasteiger partial charge in [0, 0.05) is 29.5 Å². The number of amides is 1. The lowest BCUT2D eigenvalue weighted by atomic mass is 9.79. The standard InChI is InChI=1S/C18H23F3N4O/c1-16(2)7-12(8-17(3,4)24-16)22-15(26)13-10-25-9-11(18(19,20)21)5-6-14(25)23-13/h5-6,9-10,12,24H,7-8H2,1-4H3,(H,22,26). The second-order valence-electron chi connectivity index (χ2n) is 8.28. The SMILES string of the molecule is CC1(C)CC(NC(=O)c2cn3cc(C(F)(F)F)ccc3n2)CC(C)(C)N1. The second kappa shape index (κ2) is 5.97. The third-order valence-electron chi connectivity index (χ3n) is 4.54. The number of nitrogens with zero attached hydrogens (tertiary/aromatic N) is 2. The Morgan fingerprint density at radius 1 is 1.19 bits per heavy atom. The number of pyridine rings is 1. The Morgan fingerprint density at radius 3 is 2.38 bits per heavy atom. The van der Waals surface area contributed by atoms with E-state index in [2.05, 4.69) is 43.3 Å². The average molecular weight is 368 g/mol. The van der Waals surface area contributed by atoms with Crippen LogP contribution in [0.15, 0.2) is 24.5 Å². The summed E-state index contributed by atoms with van der Waals surface area (Å²) >= 11 is 0. The van der Waals surface area contributed by atoms with E-state index >= 15 is 0 Å². The summed E-state index contributed by atoms with van der Waals surface area (Å²) in [7, 11) is 0. The molecular weight excluding hydrogens is 345 g/mol. The number of alkyl halides is 3. The maximum atomic E-state index is 12.8. The molecular formula is C18H23F3N4O. The fourth-order valence-electron chi connectivity index (χ4n) is 3.95. The number of piperidine rings is 1. The van der Waals surface area contributed by atoms with Crippen LogP contribution in [0.5, 0.6) is 0 Å². The van der Waals surface area contributed by atoms with Crippen molar-refractivity contribution in [1.29, 1.82) is 0 Å². The molecule has 0 radical (unpaired) electrons. The van der Waals surface area contributed by atoms with Crippen molar-refractivity contribution in [2.45, 2.75) is 63.8 Å². The van der Waals surface area contributed by atoms with Crippen molar-refractivity contribution in [3.05, 3.63) is 35.8 Å². The first-order valence-electron chi connectivity index (χ1n) is 8.51. The van der Waals surface area contributed by atoms with Crippen LogP contribution in [0.25, 0.3) is 5.65 Å². The molecule has 2 aromatic heterocycles. The quantitative estimate of drug-likeness (QED) is 0.854. The lowest BCUT2D eigenvalue weighted by Gasteiger charge is -2.46. The Kier molecular flexibility index (Phi) is 4.29. The summed E-state index contributed by atoms with van der Waals surface area (Å²) in [5, 5.41) is 6.51. The number of carbonyl (C=O) groups excluding carboxylic acids is 1. The van der Waals surface area contributed by atoms with Gasteiger partial charge in [-0.05, 0) is 52.7 Å². The molecule has 0 unspecified atom stereocenters. The van der Waals surface area contributed by atoms with Gasteiger partial charge in [0.15, 0.2) is 0 Å². The molecule has 1 aliphatic rings. The van der Waals surface area contributed by atoms with Gasteiger partial charge in [-0.1, -0.05) is 0 Å². The Labute approximate surface area is 150 Å². The van der Waals surface area contributed by atoms with Crippen LogP contribution in [0.4, 0.5) is 13.2 Å². The van der Waals surface area contributed by atoms with Gasteiger partial charge in [0.1, 0.15) is 11.3 Å². The molecule has 0 aliphatic carbocycles. The van der Waals surface area contributed by atoms with E-state index < -0.39 is 11.7 Å². The van der Waals surface area contributed by atoms with Crippen LogP contribution in [0.2, 0.25) is 0 Å². The van der Waals surface area contributed by atoms with Gasteiger partial charge in [0.2, 0.25) is 0 Å². The number of aromatic nitrogens is 2. The molecule has 142 valence electrons. The van der Waals surface area contributed by atoms with E-state index in [-0.39, 0.29) is 28.7 Å². The first-order valence-corrected chi connectivity index (χ1v) is 8.51. The minimum absolute atomic E-state index is 0.0377. The molecule has 0 bridgehead atoms. The zero-order valence-electron chi connectivity index (χ0n) is 15.2. The fraction of sp³-hybridized carbons (Fsp3) is 0.556. The Bertz CT molecular complexity index is 823. The predicted octanol–water partition coefficient (Wildman–Crippen LogP) is 3.39. The highest BCUT2D eigenvalue weighted by molar-refractivity contribution is 5.93. The molecule has 1 fully saturated rings. The van der Waals surface area contributed by atoms with Crippen molar-refractivity contribution in [3.8, 4) is 0 Å². The molecule has 1 saturated heterocycles. The monoisotopic (exact) mass is 368 g/mol. The van der Waals surface area contributed by atoms with Crippen molar-refractivity contribution < 1.29 is 18.0 Å². The van der Waals surface area contributed by atoms with Crippen molar-refractivity contribution >= 4 is 11.6 Å². The van der Waals surface area contributed by atoms with E-state index in [0.29, 0.717) is 5.65 Å². The molecule has 1 aliphatic heterocycles. The third-order valence-corrected chi connectivity index (χ3v) is 4.54. The minimum atomic E-state index is -4.44. The molecule has 2 N–H and O–H groups in total. The lowest BCUT2D eigenvalue weighted by Crippen LogP contribution is -2.62. The third kappa shape index (κ3) is 4.00. The molecule has 0 spiro atoms. The molecule has 0 saturated carbocycles. The smallest absolute Gasteiger partial charge is 0.348 e. The highest BCUT2D eigenvalue weighted by atomic mass is 19.4. The summed E-state index contributed by atoms with van der Waals surface area (Å²) in [5.41, 5.74) is -0.621. The molecule has 8 heteroatoms. The zero-order chi connectivity index (χ0) is 19.3. The number of halogens is 3. The molecule has 26 heavy (non-hydrogen) atoms. The average Bonchev–Trinajstić information content (AvgIpc) is 2.85. The van der Waals surface area contributed by atoms with Crippen molar-refractivity contribution in [2.24, 2.45) is 0 Å². The summed E-state index contributed by atoms with van der Waals surface area (Å²) < 4.78 is 39.7. The van der Waals surface area contributed by atoms with Crippen molar-refractivity contribution in [1.82, 2.24) is 20.0 Å². The summed E-state index contributed by atoms with van der Waals surface area (Å²) in [6, 6.07) is 2.18. The largest absolute Gasteiger partial charge is 0.417 e. The molecule has 5 nitrogen and oxygen atoms in total. The van der Waals surface area contributed by atoms with Gasteiger partial charge in [-0.15, -0.1) is 0 Å². The first-order chi connectivity index (χ1) is 11.8. The number of rotatable bonds is 2. The second-order valence-corrected chi connectivity index (χ2v) is 8.28. The van der Waals surface area contributed by atoms with E-state index in [1.54, 1.807) is 0 Å². The van der Waals surface area contributed by atoms with Gasteiger partial charge >= 0.3 is 6.18 Å². The zero-order valence-corrected chi connectivity index (χ0v) is 15.2. The maximum Gasteiger partial charge on any atom is 0.417 e. The van der Waals surface area contributed by atoms with Gasteiger partial charge in [0.05, 0.1) is 5.56 Å². The number of carbonyl (C=O) groups is 1. The summed E-state index contributed by atoms with van der Waals surface area (Å²) in [6.07, 6.45) is -0.651. The molecule has 3 heterocycles. The van der Waals surface area contributed by atoms with Crippen molar-refractivity contribution in [2.75, 3.05) is 0 Å². The van der Waals surface area contributed by atoms with Crippen molar-refractivity contribution in [3.63, 3.8) is 0 Å². The van der Waals surface area contributed by atoms with Crippen LogP contribution in [0.1, 0.15) is 56.6 Å². The number of imidazole rings is 1. The van der Waals surface area contributed by atoms with Crippen LogP contribution >= 0.6 is 0 Å². The van der Waals surface area contributed by atoms with E-state index in [9.17, 15) is 18.0 Å². The topological polar surface area (TPSA) is 58.4 Å². The van der Waals surface area contributed by atoms with Crippen LogP contribution in [0.3, 0.4) is 0 Å². The number of hydrogen-bond acceptors (Lipinski definition) is 3. The number of nitrogens with one attached hydrogen (secondary N) is 2. The molecule has 0 aromatic carbocycles. The molecule has 1 amide bonds. The number of hydrogen-bond donors (Lipinski definition) is 2. The van der Waals surface area contributed by atoms with E-state index in [1.165, 1.54) is 16.7 Å². The summed E-state index contributed by atoms with van der Waals surface area (Å²) in [4.78, 5) is 16.7. The van der Waals surface area contributed by atoms with Gasteiger partial charge < -0.3 is 15.0 Å².